The number of fused-ring (bicyclic) bond motifs is 1. The van der Waals surface area contributed by atoms with E-state index in [1.165, 1.54) is 56.4 Å². The van der Waals surface area contributed by atoms with E-state index >= 15 is 0 Å². The van der Waals surface area contributed by atoms with E-state index in [4.69, 9.17) is 15.2 Å². The topological polar surface area (TPSA) is 155 Å². The number of imide groups is 1. The summed E-state index contributed by atoms with van der Waals surface area (Å²) in [6.07, 6.45) is 11.2. The molecule has 0 bridgehead atoms. The number of carbonyl (C=O) groups excluding carboxylic acids is 2. The molecule has 50 heavy (non-hydrogen) atoms. The molecule has 1 aliphatic carbocycles. The highest BCUT2D eigenvalue weighted by Gasteiger charge is 2.28. The lowest BCUT2D eigenvalue weighted by atomic mass is 9.92. The molecule has 1 unspecified atom stereocenters. The molecule has 1 saturated carbocycles. The zero-order chi connectivity index (χ0) is 35.0. The lowest BCUT2D eigenvalue weighted by Gasteiger charge is -2.39. The van der Waals surface area contributed by atoms with Crippen LogP contribution in [0.5, 0.6) is 17.4 Å². The van der Waals surface area contributed by atoms with Crippen molar-refractivity contribution in [1.29, 1.82) is 5.26 Å². The first-order chi connectivity index (χ1) is 24.2. The van der Waals surface area contributed by atoms with Gasteiger partial charge in [0.1, 0.15) is 35.3 Å². The quantitative estimate of drug-likeness (QED) is 0.151. The first-order valence-electron chi connectivity index (χ1n) is 16.9. The number of nitrogens with zero attached hydrogens (tertiary/aromatic N) is 4. The number of piperidine rings is 2. The third-order valence-electron chi connectivity index (χ3n) is 9.22. The van der Waals surface area contributed by atoms with Crippen molar-refractivity contribution in [2.45, 2.75) is 76.0 Å². The minimum atomic E-state index is -0.659. The maximum absolute atomic E-state index is 14.3. The van der Waals surface area contributed by atoms with Gasteiger partial charge in [0.2, 0.25) is 17.7 Å². The Morgan fingerprint density at radius 1 is 0.960 bits per heavy atom. The Bertz CT molecular complexity index is 1890. The van der Waals surface area contributed by atoms with Crippen molar-refractivity contribution in [3.05, 3.63) is 78.0 Å². The maximum Gasteiger partial charge on any atom is 0.249 e. The minimum absolute atomic E-state index is 0.0390. The van der Waals surface area contributed by atoms with Crippen LogP contribution in [-0.4, -0.2) is 58.0 Å². The number of benzene rings is 3. The van der Waals surface area contributed by atoms with Crippen molar-refractivity contribution >= 4 is 34.2 Å². The van der Waals surface area contributed by atoms with Crippen LogP contribution < -0.4 is 25.8 Å². The second kappa shape index (κ2) is 15.9. The summed E-state index contributed by atoms with van der Waals surface area (Å²) in [4.78, 5) is 34.0. The molecule has 4 aromatic rings. The van der Waals surface area contributed by atoms with Gasteiger partial charge in [-0.3, -0.25) is 14.9 Å². The maximum atomic E-state index is 14.3. The van der Waals surface area contributed by atoms with E-state index in [-0.39, 0.29) is 40.7 Å². The van der Waals surface area contributed by atoms with Crippen LogP contribution in [0.1, 0.15) is 63.4 Å². The SMILES string of the molecule is N#Cc1c(N)ccc(F)c1Oc1ccc2ncc(OC3CCN(C4CCCCC4)CC3)nc2c1.O=C1CCC(Nc2cccc(F)c2)C(=O)N1. The fourth-order valence-corrected chi connectivity index (χ4v) is 6.59. The molecule has 4 N–H and O–H groups in total. The Kier molecular flexibility index (Phi) is 11.0. The molecule has 7 rings (SSSR count). The highest BCUT2D eigenvalue weighted by atomic mass is 19.1. The Morgan fingerprint density at radius 3 is 2.50 bits per heavy atom. The molecule has 13 heteroatoms. The van der Waals surface area contributed by atoms with Crippen molar-refractivity contribution in [2.75, 3.05) is 24.1 Å². The van der Waals surface area contributed by atoms with Crippen molar-refractivity contribution in [3.63, 3.8) is 0 Å². The van der Waals surface area contributed by atoms with Gasteiger partial charge in [0.05, 0.1) is 22.9 Å². The average Bonchev–Trinajstić information content (AvgIpc) is 3.12. The van der Waals surface area contributed by atoms with Gasteiger partial charge in [-0.25, -0.2) is 18.7 Å². The van der Waals surface area contributed by atoms with Crippen LogP contribution in [0.25, 0.3) is 11.0 Å². The molecule has 1 atom stereocenters. The summed E-state index contributed by atoms with van der Waals surface area (Å²) in [7, 11) is 0. The summed E-state index contributed by atoms with van der Waals surface area (Å²) >= 11 is 0. The predicted octanol–water partition coefficient (Wildman–Crippen LogP) is 6.23. The monoisotopic (exact) mass is 683 g/mol. The van der Waals surface area contributed by atoms with E-state index in [1.54, 1.807) is 36.5 Å². The Balaban J connectivity index is 0.000000226. The zero-order valence-electron chi connectivity index (χ0n) is 27.5. The van der Waals surface area contributed by atoms with Crippen molar-refractivity contribution in [2.24, 2.45) is 0 Å². The number of rotatable bonds is 7. The molecular weight excluding hydrogens is 644 g/mol. The van der Waals surface area contributed by atoms with E-state index < -0.39 is 11.9 Å². The molecule has 2 aliphatic heterocycles. The lowest BCUT2D eigenvalue weighted by molar-refractivity contribution is -0.133. The van der Waals surface area contributed by atoms with Crippen LogP contribution in [0.2, 0.25) is 0 Å². The molecule has 3 fully saturated rings. The summed E-state index contributed by atoms with van der Waals surface area (Å²) < 4.78 is 39.0. The van der Waals surface area contributed by atoms with Gasteiger partial charge in [0, 0.05) is 37.3 Å². The van der Waals surface area contributed by atoms with E-state index in [1.807, 2.05) is 6.07 Å². The largest absolute Gasteiger partial charge is 0.473 e. The molecule has 260 valence electrons. The first-order valence-corrected chi connectivity index (χ1v) is 16.9. The van der Waals surface area contributed by atoms with E-state index in [0.29, 0.717) is 41.2 Å². The second-order valence-corrected chi connectivity index (χ2v) is 12.7. The van der Waals surface area contributed by atoms with E-state index in [0.717, 1.165) is 32.0 Å². The van der Waals surface area contributed by atoms with Gasteiger partial charge in [-0.1, -0.05) is 25.3 Å². The predicted molar refractivity (Wildman–Crippen MR) is 183 cm³/mol. The molecule has 3 heterocycles. The number of ether oxygens (including phenoxy) is 2. The highest BCUT2D eigenvalue weighted by molar-refractivity contribution is 6.01. The van der Waals surface area contributed by atoms with Crippen molar-refractivity contribution in [1.82, 2.24) is 20.2 Å². The van der Waals surface area contributed by atoms with Gasteiger partial charge in [-0.15, -0.1) is 0 Å². The summed E-state index contributed by atoms with van der Waals surface area (Å²) in [5, 5.41) is 14.5. The highest BCUT2D eigenvalue weighted by Crippen LogP contribution is 2.33. The van der Waals surface area contributed by atoms with Crippen LogP contribution in [-0.2, 0) is 9.59 Å². The van der Waals surface area contributed by atoms with Gasteiger partial charge < -0.3 is 25.4 Å². The number of nitrogens with one attached hydrogen (secondary N) is 2. The third-order valence-corrected chi connectivity index (χ3v) is 9.22. The second-order valence-electron chi connectivity index (χ2n) is 12.7. The molecule has 3 aromatic carbocycles. The number of nitriles is 1. The van der Waals surface area contributed by atoms with Gasteiger partial charge in [0.15, 0.2) is 11.6 Å². The van der Waals surface area contributed by atoms with Crippen LogP contribution >= 0.6 is 0 Å². The van der Waals surface area contributed by atoms with E-state index in [9.17, 15) is 23.6 Å². The molecular formula is C37H39F2N7O4. The minimum Gasteiger partial charge on any atom is -0.473 e. The Morgan fingerprint density at radius 2 is 1.76 bits per heavy atom. The van der Waals surface area contributed by atoms with Gasteiger partial charge in [-0.05, 0) is 74.6 Å². The molecule has 11 nitrogen and oxygen atoms in total. The Hall–Kier alpha value is -5.35. The number of nitrogens with two attached hydrogens (primary N) is 1. The standard InChI is InChI=1S/C26H28FN5O2.C11H11FN2O2/c27-21-7-8-22(29)20(15-28)26(21)34-19-6-9-23-24(14-19)31-25(16-30-23)33-18-10-12-32(13-11-18)17-4-2-1-3-5-17;12-7-2-1-3-8(6-7)13-9-4-5-10(15)14-11(9)16/h6-9,14,16-18H,1-5,10-13,29H2;1-3,6,9,13H,4-5H2,(H,14,15,16). The number of hydrogen-bond donors (Lipinski definition) is 3. The van der Waals surface area contributed by atoms with Crippen LogP contribution in [0.15, 0.2) is 60.8 Å². The van der Waals surface area contributed by atoms with Crippen molar-refractivity contribution in [3.8, 4) is 23.4 Å². The summed E-state index contributed by atoms with van der Waals surface area (Å²) in [5.41, 5.74) is 7.68. The fraction of sp³-hybridized carbons (Fsp3) is 0.378. The molecule has 2 saturated heterocycles. The number of halogens is 2. The molecule has 1 aromatic heterocycles. The number of anilines is 2. The van der Waals surface area contributed by atoms with Gasteiger partial charge >= 0.3 is 0 Å². The Labute approximate surface area is 288 Å². The normalized spacial score (nSPS) is 18.8. The summed E-state index contributed by atoms with van der Waals surface area (Å²) in [5.74, 6) is -1.05. The van der Waals surface area contributed by atoms with E-state index in [2.05, 4.69) is 25.5 Å². The van der Waals surface area contributed by atoms with Crippen LogP contribution in [0, 0.1) is 23.0 Å². The van der Waals surface area contributed by atoms with Crippen LogP contribution in [0.3, 0.4) is 0 Å². The lowest BCUT2D eigenvalue weighted by Crippen LogP contribution is -2.47. The summed E-state index contributed by atoms with van der Waals surface area (Å²) in [6, 6.07) is 15.6. The van der Waals surface area contributed by atoms with Crippen LogP contribution in [0.4, 0.5) is 20.2 Å². The molecule has 2 amide bonds. The molecule has 3 aliphatic rings. The fourth-order valence-electron chi connectivity index (χ4n) is 6.59. The van der Waals surface area contributed by atoms with Gasteiger partial charge in [0.25, 0.3) is 0 Å². The number of likely N-dealkylation sites (tertiary alicyclic amines) is 1. The smallest absolute Gasteiger partial charge is 0.249 e. The van der Waals surface area contributed by atoms with Crippen molar-refractivity contribution < 1.29 is 27.8 Å². The number of amides is 2. The molecule has 0 spiro atoms. The average molecular weight is 684 g/mol. The zero-order valence-corrected chi connectivity index (χ0v) is 27.5. The summed E-state index contributed by atoms with van der Waals surface area (Å²) in [6.45, 7) is 2.11. The first kappa shape index (κ1) is 34.5. The number of carbonyl (C=O) groups is 2. The number of nitrogen functional groups attached to an aromatic ring is 1. The van der Waals surface area contributed by atoms with Gasteiger partial charge in [-0.2, -0.15) is 5.26 Å². The third kappa shape index (κ3) is 8.62. The number of hydrogen-bond acceptors (Lipinski definition) is 10. The number of aromatic nitrogens is 2. The molecule has 0 radical (unpaired) electrons.